The summed E-state index contributed by atoms with van der Waals surface area (Å²) in [5.41, 5.74) is 7.58. The van der Waals surface area contributed by atoms with E-state index in [-0.39, 0.29) is 6.04 Å². The molecule has 0 bridgehead atoms. The fourth-order valence-electron chi connectivity index (χ4n) is 1.96. The molecule has 1 atom stereocenters. The molecule has 2 rings (SSSR count). The molecule has 1 fully saturated rings. The fourth-order valence-corrected chi connectivity index (χ4v) is 3.62. The van der Waals surface area contributed by atoms with Crippen LogP contribution in [-0.2, 0) is 4.74 Å². The Balaban J connectivity index is 2.08. The Labute approximate surface area is 103 Å². The van der Waals surface area contributed by atoms with Gasteiger partial charge in [0.25, 0.3) is 0 Å². The molecule has 1 aromatic rings. The summed E-state index contributed by atoms with van der Waals surface area (Å²) in [7, 11) is 0. The van der Waals surface area contributed by atoms with Crippen molar-refractivity contribution < 1.29 is 4.74 Å². The molecule has 0 saturated carbocycles. The van der Waals surface area contributed by atoms with E-state index in [1.54, 1.807) is 11.3 Å². The molecule has 2 heterocycles. The summed E-state index contributed by atoms with van der Waals surface area (Å²) >= 11 is 5.31. The SMILES string of the molecule is Cc1cc(C(N)C2CCOCC2)sc1Br. The van der Waals surface area contributed by atoms with Crippen LogP contribution < -0.4 is 5.73 Å². The topological polar surface area (TPSA) is 35.2 Å². The first-order chi connectivity index (χ1) is 7.18. The zero-order valence-electron chi connectivity index (χ0n) is 8.83. The summed E-state index contributed by atoms with van der Waals surface area (Å²) in [4.78, 5) is 1.30. The van der Waals surface area contributed by atoms with Crippen LogP contribution in [0.3, 0.4) is 0 Å². The average molecular weight is 290 g/mol. The standard InChI is InChI=1S/C11H16BrNOS/c1-7-6-9(15-11(7)12)10(13)8-2-4-14-5-3-8/h6,8,10H,2-5,13H2,1H3. The number of nitrogens with two attached hydrogens (primary N) is 1. The molecule has 1 unspecified atom stereocenters. The number of thiophene rings is 1. The van der Waals surface area contributed by atoms with Gasteiger partial charge in [0.2, 0.25) is 0 Å². The van der Waals surface area contributed by atoms with Gasteiger partial charge in [0.1, 0.15) is 0 Å². The summed E-state index contributed by atoms with van der Waals surface area (Å²) in [5, 5.41) is 0. The molecular formula is C11H16BrNOS. The Kier molecular flexibility index (Phi) is 3.83. The molecular weight excluding hydrogens is 274 g/mol. The van der Waals surface area contributed by atoms with Crippen molar-refractivity contribution in [2.75, 3.05) is 13.2 Å². The summed E-state index contributed by atoms with van der Waals surface area (Å²) < 4.78 is 6.56. The van der Waals surface area contributed by atoms with E-state index < -0.39 is 0 Å². The molecule has 1 saturated heterocycles. The van der Waals surface area contributed by atoms with Gasteiger partial charge in [0.05, 0.1) is 3.79 Å². The zero-order valence-corrected chi connectivity index (χ0v) is 11.2. The smallest absolute Gasteiger partial charge is 0.0731 e. The van der Waals surface area contributed by atoms with Crippen LogP contribution in [0.1, 0.15) is 29.3 Å². The molecule has 0 radical (unpaired) electrons. The van der Waals surface area contributed by atoms with Crippen LogP contribution in [0, 0.1) is 12.8 Å². The maximum absolute atomic E-state index is 6.29. The molecule has 2 N–H and O–H groups in total. The van der Waals surface area contributed by atoms with Gasteiger partial charge in [-0.1, -0.05) is 0 Å². The van der Waals surface area contributed by atoms with Crippen molar-refractivity contribution in [1.82, 2.24) is 0 Å². The van der Waals surface area contributed by atoms with Gasteiger partial charge >= 0.3 is 0 Å². The predicted octanol–water partition coefficient (Wildman–Crippen LogP) is 3.25. The summed E-state index contributed by atoms with van der Waals surface area (Å²) in [6.07, 6.45) is 2.19. The van der Waals surface area contributed by atoms with Gasteiger partial charge in [-0.25, -0.2) is 0 Å². The van der Waals surface area contributed by atoms with Crippen LogP contribution in [0.15, 0.2) is 9.85 Å². The van der Waals surface area contributed by atoms with Gasteiger partial charge < -0.3 is 10.5 Å². The molecule has 0 aromatic carbocycles. The van der Waals surface area contributed by atoms with Crippen LogP contribution in [0.25, 0.3) is 0 Å². The second-order valence-corrected chi connectivity index (χ2v) is 6.48. The molecule has 0 amide bonds. The molecule has 4 heteroatoms. The third-order valence-corrected chi connectivity index (χ3v) is 5.22. The minimum atomic E-state index is 0.184. The Morgan fingerprint density at radius 2 is 2.20 bits per heavy atom. The van der Waals surface area contributed by atoms with Gasteiger partial charge in [0.15, 0.2) is 0 Å². The van der Waals surface area contributed by atoms with E-state index >= 15 is 0 Å². The third-order valence-electron chi connectivity index (χ3n) is 2.98. The lowest BCUT2D eigenvalue weighted by atomic mass is 9.91. The maximum atomic E-state index is 6.29. The Morgan fingerprint density at radius 1 is 1.53 bits per heavy atom. The monoisotopic (exact) mass is 289 g/mol. The van der Waals surface area contributed by atoms with E-state index in [1.165, 1.54) is 14.2 Å². The second-order valence-electron chi connectivity index (χ2n) is 4.08. The average Bonchev–Trinajstić information content (AvgIpc) is 2.59. The van der Waals surface area contributed by atoms with E-state index in [1.807, 2.05) is 0 Å². The van der Waals surface area contributed by atoms with Crippen molar-refractivity contribution in [3.8, 4) is 0 Å². The van der Waals surface area contributed by atoms with Gasteiger partial charge in [0, 0.05) is 24.1 Å². The van der Waals surface area contributed by atoms with Crippen LogP contribution in [0.2, 0.25) is 0 Å². The van der Waals surface area contributed by atoms with Crippen LogP contribution >= 0.6 is 27.3 Å². The van der Waals surface area contributed by atoms with Crippen molar-refractivity contribution in [3.63, 3.8) is 0 Å². The highest BCUT2D eigenvalue weighted by molar-refractivity contribution is 9.11. The van der Waals surface area contributed by atoms with E-state index in [2.05, 4.69) is 28.9 Å². The van der Waals surface area contributed by atoms with Crippen molar-refractivity contribution in [3.05, 3.63) is 20.3 Å². The van der Waals surface area contributed by atoms with Crippen LogP contribution in [-0.4, -0.2) is 13.2 Å². The zero-order chi connectivity index (χ0) is 10.8. The normalized spacial score (nSPS) is 20.5. The molecule has 1 aliphatic rings. The van der Waals surface area contributed by atoms with Crippen molar-refractivity contribution in [1.29, 1.82) is 0 Å². The van der Waals surface area contributed by atoms with Gasteiger partial charge in [-0.15, -0.1) is 11.3 Å². The minimum absolute atomic E-state index is 0.184. The minimum Gasteiger partial charge on any atom is -0.381 e. The highest BCUT2D eigenvalue weighted by atomic mass is 79.9. The maximum Gasteiger partial charge on any atom is 0.0731 e. The first-order valence-electron chi connectivity index (χ1n) is 5.27. The molecule has 84 valence electrons. The Hall–Kier alpha value is 0.100. The molecule has 0 spiro atoms. The van der Waals surface area contributed by atoms with Crippen molar-refractivity contribution >= 4 is 27.3 Å². The summed E-state index contributed by atoms with van der Waals surface area (Å²) in [6, 6.07) is 2.39. The van der Waals surface area contributed by atoms with E-state index in [9.17, 15) is 0 Å². The largest absolute Gasteiger partial charge is 0.381 e. The lowest BCUT2D eigenvalue weighted by molar-refractivity contribution is 0.0587. The first kappa shape index (κ1) is 11.6. The predicted molar refractivity (Wildman–Crippen MR) is 67.2 cm³/mol. The first-order valence-corrected chi connectivity index (χ1v) is 6.88. The summed E-state index contributed by atoms with van der Waals surface area (Å²) in [5.74, 6) is 0.587. The van der Waals surface area contributed by atoms with E-state index in [0.717, 1.165) is 26.1 Å². The quantitative estimate of drug-likeness (QED) is 0.907. The fraction of sp³-hybridized carbons (Fsp3) is 0.636. The van der Waals surface area contributed by atoms with Gasteiger partial charge in [-0.3, -0.25) is 0 Å². The molecule has 1 aliphatic heterocycles. The van der Waals surface area contributed by atoms with Gasteiger partial charge in [-0.05, 0) is 53.2 Å². The highest BCUT2D eigenvalue weighted by Crippen LogP contribution is 2.36. The van der Waals surface area contributed by atoms with Crippen LogP contribution in [0.4, 0.5) is 0 Å². The summed E-state index contributed by atoms with van der Waals surface area (Å²) in [6.45, 7) is 3.84. The van der Waals surface area contributed by atoms with E-state index in [4.69, 9.17) is 10.5 Å². The van der Waals surface area contributed by atoms with Gasteiger partial charge in [-0.2, -0.15) is 0 Å². The molecule has 1 aromatic heterocycles. The van der Waals surface area contributed by atoms with Crippen LogP contribution in [0.5, 0.6) is 0 Å². The molecule has 15 heavy (non-hydrogen) atoms. The number of aryl methyl sites for hydroxylation is 1. The number of ether oxygens (including phenoxy) is 1. The third kappa shape index (κ3) is 2.61. The highest BCUT2D eigenvalue weighted by Gasteiger charge is 2.23. The number of hydrogen-bond donors (Lipinski definition) is 1. The van der Waals surface area contributed by atoms with Crippen molar-refractivity contribution in [2.45, 2.75) is 25.8 Å². The molecule has 2 nitrogen and oxygen atoms in total. The number of hydrogen-bond acceptors (Lipinski definition) is 3. The number of halogens is 1. The lowest BCUT2D eigenvalue weighted by Crippen LogP contribution is -2.26. The second kappa shape index (κ2) is 4.95. The van der Waals surface area contributed by atoms with Crippen molar-refractivity contribution in [2.24, 2.45) is 11.7 Å². The lowest BCUT2D eigenvalue weighted by Gasteiger charge is -2.26. The number of rotatable bonds is 2. The van der Waals surface area contributed by atoms with E-state index in [0.29, 0.717) is 5.92 Å². The Bertz CT molecular complexity index is 314. The Morgan fingerprint density at radius 3 is 2.73 bits per heavy atom. The molecule has 0 aliphatic carbocycles.